The molecule has 44 heavy (non-hydrogen) atoms. The Morgan fingerprint density at radius 2 is 1.32 bits per heavy atom. The zero-order valence-electron chi connectivity index (χ0n) is 23.3. The van der Waals surface area contributed by atoms with Crippen LogP contribution in [0.15, 0.2) is 114 Å². The average Bonchev–Trinajstić information content (AvgIpc) is 3.84. The van der Waals surface area contributed by atoms with Crippen molar-refractivity contribution in [1.29, 1.82) is 0 Å². The van der Waals surface area contributed by atoms with Gasteiger partial charge in [0.25, 0.3) is 0 Å². The maximum Gasteiger partial charge on any atom is 0.0811 e. The lowest BCUT2D eigenvalue weighted by Gasteiger charge is -2.12. The number of hydrogen-bond acceptors (Lipinski definition) is 4. The fourth-order valence-corrected chi connectivity index (χ4v) is 9.47. The second kappa shape index (κ2) is 8.26. The number of nitrogens with one attached hydrogen (secondary N) is 1. The fraction of sp³-hybridized carbons (Fsp3) is 0.0263. The van der Waals surface area contributed by atoms with E-state index in [0.29, 0.717) is 0 Å². The van der Waals surface area contributed by atoms with E-state index >= 15 is 0 Å². The summed E-state index contributed by atoms with van der Waals surface area (Å²) >= 11 is 3.68. The lowest BCUT2D eigenvalue weighted by atomic mass is 10.0. The maximum absolute atomic E-state index is 4.69. The van der Waals surface area contributed by atoms with E-state index in [1.807, 2.05) is 23.6 Å². The van der Waals surface area contributed by atoms with Crippen molar-refractivity contribution in [2.24, 2.45) is 0 Å². The van der Waals surface area contributed by atoms with Crippen molar-refractivity contribution in [2.45, 2.75) is 0 Å². The van der Waals surface area contributed by atoms with E-state index in [1.54, 1.807) is 11.3 Å². The molecule has 206 valence electrons. The Hall–Kier alpha value is -5.17. The van der Waals surface area contributed by atoms with E-state index in [0.717, 1.165) is 23.5 Å². The normalized spacial score (nSPS) is 14.0. The van der Waals surface area contributed by atoms with E-state index in [2.05, 4.69) is 121 Å². The van der Waals surface area contributed by atoms with Gasteiger partial charge in [-0.15, -0.1) is 22.7 Å². The molecule has 0 saturated heterocycles. The van der Waals surface area contributed by atoms with E-state index in [9.17, 15) is 0 Å². The molecule has 10 aromatic rings. The van der Waals surface area contributed by atoms with Gasteiger partial charge in [-0.05, 0) is 48.0 Å². The highest BCUT2D eigenvalue weighted by atomic mass is 32.1. The van der Waals surface area contributed by atoms with Crippen LogP contribution in [0.3, 0.4) is 0 Å². The molecule has 1 aliphatic heterocycles. The Morgan fingerprint density at radius 1 is 0.659 bits per heavy atom. The van der Waals surface area contributed by atoms with Crippen LogP contribution in [0.5, 0.6) is 0 Å². The molecule has 0 bridgehead atoms. The van der Waals surface area contributed by atoms with Gasteiger partial charge in [0, 0.05) is 76.5 Å². The van der Waals surface area contributed by atoms with Crippen LogP contribution in [0, 0.1) is 0 Å². The monoisotopic (exact) mass is 598 g/mol. The Bertz CT molecular complexity index is 2880. The number of benzene rings is 4. The third-order valence-corrected chi connectivity index (χ3v) is 11.3. The van der Waals surface area contributed by atoms with Crippen molar-refractivity contribution in [1.82, 2.24) is 19.1 Å². The molecule has 6 heteroatoms. The van der Waals surface area contributed by atoms with Gasteiger partial charge in [0.15, 0.2) is 0 Å². The van der Waals surface area contributed by atoms with Crippen molar-refractivity contribution in [2.75, 3.05) is 6.54 Å². The molecule has 1 N–H and O–H groups in total. The van der Waals surface area contributed by atoms with Gasteiger partial charge >= 0.3 is 0 Å². The summed E-state index contributed by atoms with van der Waals surface area (Å²) in [5.74, 6) is 0. The number of aromatic nitrogens is 3. The Balaban J connectivity index is 1.42. The standard InChI is InChI=1S/C38H22N4S2/c1-3-15-39-27(5-1)21-7-9-23-25-11-13-33-35-36-34(44-33)14-12-26-24-10-8-22(28-6-2-4-16-40-28)18-30(24)42(38(26)36)32-20-43-19-31(32)41(37(25)35)29(23)17-21/h1-15,17-20,40H,16H2. The van der Waals surface area contributed by atoms with E-state index in [4.69, 9.17) is 0 Å². The summed E-state index contributed by atoms with van der Waals surface area (Å²) in [4.78, 5) is 4.69. The molecule has 0 fully saturated rings. The SMILES string of the molecule is C1=CCNC(c2ccc3c4ccc5sc6ccc7c8ccc(-c9ccccn9)cc8n8c9cscc9n(c3c2)c4c5c6c78)=C1. The van der Waals surface area contributed by atoms with Crippen LogP contribution >= 0.6 is 22.7 Å². The third kappa shape index (κ3) is 2.85. The molecule has 6 aromatic heterocycles. The van der Waals surface area contributed by atoms with Gasteiger partial charge in [-0.2, -0.15) is 0 Å². The van der Waals surface area contributed by atoms with E-state index < -0.39 is 0 Å². The predicted octanol–water partition coefficient (Wildman–Crippen LogP) is 10.2. The quantitative estimate of drug-likeness (QED) is 0.215. The minimum atomic E-state index is 0.850. The van der Waals surface area contributed by atoms with Gasteiger partial charge in [-0.3, -0.25) is 4.98 Å². The summed E-state index contributed by atoms with van der Waals surface area (Å²) in [5.41, 5.74) is 12.0. The number of dihydropyridines is 1. The molecule has 4 nitrogen and oxygen atoms in total. The van der Waals surface area contributed by atoms with Gasteiger partial charge in [0.2, 0.25) is 0 Å². The van der Waals surface area contributed by atoms with Crippen molar-refractivity contribution < 1.29 is 0 Å². The van der Waals surface area contributed by atoms with Crippen molar-refractivity contribution >= 4 is 103 Å². The second-order valence-electron chi connectivity index (χ2n) is 11.7. The Morgan fingerprint density at radius 3 is 1.95 bits per heavy atom. The number of hydrogen-bond donors (Lipinski definition) is 1. The molecular weight excluding hydrogens is 577 g/mol. The van der Waals surface area contributed by atoms with Gasteiger partial charge in [0.05, 0.1) is 38.8 Å². The molecule has 11 rings (SSSR count). The largest absolute Gasteiger partial charge is 0.381 e. The number of fused-ring (bicyclic) bond motifs is 9. The molecule has 0 atom stereocenters. The highest BCUT2D eigenvalue weighted by Crippen LogP contribution is 2.48. The molecule has 0 saturated carbocycles. The van der Waals surface area contributed by atoms with E-state index in [-0.39, 0.29) is 0 Å². The number of thiophene rings is 2. The van der Waals surface area contributed by atoms with Gasteiger partial charge in [-0.1, -0.05) is 54.6 Å². The number of pyridine rings is 1. The molecule has 0 radical (unpaired) electrons. The highest BCUT2D eigenvalue weighted by Gasteiger charge is 2.23. The molecule has 0 unspecified atom stereocenters. The number of rotatable bonds is 2. The first kappa shape index (κ1) is 23.3. The summed E-state index contributed by atoms with van der Waals surface area (Å²) in [5, 5.41) is 16.1. The van der Waals surface area contributed by atoms with Crippen LogP contribution in [-0.4, -0.2) is 20.3 Å². The highest BCUT2D eigenvalue weighted by molar-refractivity contribution is 7.26. The molecular formula is C38H22N4S2. The Kier molecular flexibility index (Phi) is 4.37. The van der Waals surface area contributed by atoms with Crippen molar-refractivity contribution in [3.05, 3.63) is 120 Å². The first-order valence-corrected chi connectivity index (χ1v) is 16.6. The van der Waals surface area contributed by atoms with Crippen LogP contribution in [-0.2, 0) is 0 Å². The van der Waals surface area contributed by atoms with Gasteiger partial charge < -0.3 is 14.1 Å². The van der Waals surface area contributed by atoms with Gasteiger partial charge in [0.1, 0.15) is 0 Å². The van der Waals surface area contributed by atoms with Crippen molar-refractivity contribution in [3.8, 4) is 11.3 Å². The average molecular weight is 599 g/mol. The summed E-state index contributed by atoms with van der Waals surface area (Å²) in [6, 6.07) is 29.3. The fourth-order valence-electron chi connectivity index (χ4n) is 7.58. The summed E-state index contributed by atoms with van der Waals surface area (Å²) in [7, 11) is 0. The maximum atomic E-state index is 4.69. The lowest BCUT2D eigenvalue weighted by molar-refractivity contribution is 0.996. The minimum absolute atomic E-state index is 0.850. The smallest absolute Gasteiger partial charge is 0.0811 e. The molecule has 0 aliphatic carbocycles. The zero-order chi connectivity index (χ0) is 28.5. The van der Waals surface area contributed by atoms with E-state index in [1.165, 1.54) is 80.4 Å². The molecule has 0 spiro atoms. The number of allylic oxidation sites excluding steroid dienone is 2. The third-order valence-electron chi connectivity index (χ3n) is 9.44. The summed E-state index contributed by atoms with van der Waals surface area (Å²) in [6.07, 6.45) is 8.35. The first-order chi connectivity index (χ1) is 21.8. The van der Waals surface area contributed by atoms with Crippen LogP contribution in [0.25, 0.3) is 91.8 Å². The molecule has 7 heterocycles. The second-order valence-corrected chi connectivity index (χ2v) is 13.5. The lowest BCUT2D eigenvalue weighted by Crippen LogP contribution is -2.14. The molecule has 0 amide bonds. The molecule has 4 aromatic carbocycles. The zero-order valence-corrected chi connectivity index (χ0v) is 25.0. The van der Waals surface area contributed by atoms with Crippen LogP contribution in [0.2, 0.25) is 0 Å². The summed E-state index contributed by atoms with van der Waals surface area (Å²) in [6.45, 7) is 0.850. The Labute approximate surface area is 258 Å². The van der Waals surface area contributed by atoms with Crippen LogP contribution < -0.4 is 5.32 Å². The van der Waals surface area contributed by atoms with Gasteiger partial charge in [-0.25, -0.2) is 0 Å². The molecule has 1 aliphatic rings. The topological polar surface area (TPSA) is 33.7 Å². The van der Waals surface area contributed by atoms with Crippen LogP contribution in [0.4, 0.5) is 0 Å². The predicted molar refractivity (Wildman–Crippen MR) is 189 cm³/mol. The summed E-state index contributed by atoms with van der Waals surface area (Å²) < 4.78 is 7.73. The minimum Gasteiger partial charge on any atom is -0.381 e. The van der Waals surface area contributed by atoms with Crippen LogP contribution in [0.1, 0.15) is 5.56 Å². The first-order valence-electron chi connectivity index (χ1n) is 14.8. The van der Waals surface area contributed by atoms with Crippen molar-refractivity contribution in [3.63, 3.8) is 0 Å². The number of nitrogens with zero attached hydrogens (tertiary/aromatic N) is 3.